The molecule has 0 saturated carbocycles. The lowest BCUT2D eigenvalue weighted by Crippen LogP contribution is -2.57. The minimum atomic E-state index is -3.85. The van der Waals surface area contributed by atoms with Crippen molar-refractivity contribution in [1.29, 1.82) is 0 Å². The number of hydrogen-bond acceptors (Lipinski definition) is 11. The molecule has 0 aliphatic carbocycles. The van der Waals surface area contributed by atoms with Gasteiger partial charge in [-0.2, -0.15) is 0 Å². The molecule has 0 bridgehead atoms. The van der Waals surface area contributed by atoms with Gasteiger partial charge in [0.15, 0.2) is 9.84 Å². The van der Waals surface area contributed by atoms with Crippen LogP contribution in [0.4, 0.5) is 5.69 Å². The van der Waals surface area contributed by atoms with Crippen LogP contribution in [0, 0.1) is 0 Å². The highest BCUT2D eigenvalue weighted by molar-refractivity contribution is 7.93. The number of nitrogens with two attached hydrogens (primary N) is 1. The van der Waals surface area contributed by atoms with Crippen LogP contribution in [0.5, 0.6) is 23.0 Å². The molecule has 0 aromatic heterocycles. The topological polar surface area (TPSA) is 178 Å². The van der Waals surface area contributed by atoms with Crippen LogP contribution in [0.2, 0.25) is 0 Å². The standard InChI is InChI=1S/C27H38N2O10S/c1-36-20-16-24(38-3)21(25(17-20)39-4)7-14-40(34,35)18-19-5-6-23(37-2)22(15-19)29(10-13-32)26(33)27(28,8-11-30)9-12-31/h5-7,14-17,30-32H,8-13,18,28H2,1-4H3. The zero-order valence-corrected chi connectivity index (χ0v) is 23.9. The molecular formula is C27H38N2O10S. The van der Waals surface area contributed by atoms with Gasteiger partial charge in [-0.15, -0.1) is 0 Å². The van der Waals surface area contributed by atoms with Gasteiger partial charge in [-0.25, -0.2) is 8.42 Å². The van der Waals surface area contributed by atoms with Crippen molar-refractivity contribution in [2.45, 2.75) is 24.1 Å². The molecule has 2 aromatic carbocycles. The third-order valence-corrected chi connectivity index (χ3v) is 7.49. The predicted octanol–water partition coefficient (Wildman–Crippen LogP) is 1.09. The van der Waals surface area contributed by atoms with Crippen LogP contribution in [0.1, 0.15) is 24.0 Å². The van der Waals surface area contributed by atoms with E-state index >= 15 is 0 Å². The van der Waals surface area contributed by atoms with Crippen LogP contribution in [0.15, 0.2) is 35.7 Å². The van der Waals surface area contributed by atoms with Crippen LogP contribution in [0.25, 0.3) is 6.08 Å². The van der Waals surface area contributed by atoms with E-state index in [1.165, 1.54) is 51.5 Å². The van der Waals surface area contributed by atoms with E-state index in [0.717, 1.165) is 5.41 Å². The first-order chi connectivity index (χ1) is 19.0. The molecule has 5 N–H and O–H groups in total. The van der Waals surface area contributed by atoms with Crippen molar-refractivity contribution in [2.75, 3.05) is 59.7 Å². The zero-order chi connectivity index (χ0) is 29.9. The van der Waals surface area contributed by atoms with Crippen LogP contribution in [-0.2, 0) is 20.4 Å². The van der Waals surface area contributed by atoms with Gasteiger partial charge in [0.25, 0.3) is 0 Å². The fraction of sp³-hybridized carbons (Fsp3) is 0.444. The number of nitrogens with zero attached hydrogens (tertiary/aromatic N) is 1. The number of aliphatic hydroxyl groups is 3. The fourth-order valence-corrected chi connectivity index (χ4v) is 5.21. The van der Waals surface area contributed by atoms with Crippen LogP contribution in [0.3, 0.4) is 0 Å². The molecule has 40 heavy (non-hydrogen) atoms. The Bertz CT molecular complexity index is 1250. The number of methoxy groups -OCH3 is 4. The number of ether oxygens (including phenoxy) is 4. The number of hydrogen-bond donors (Lipinski definition) is 4. The molecule has 0 aliphatic heterocycles. The monoisotopic (exact) mass is 582 g/mol. The molecule has 0 fully saturated rings. The second kappa shape index (κ2) is 14.9. The number of carbonyl (C=O) groups excluding carboxylic acids is 1. The molecule has 0 atom stereocenters. The summed E-state index contributed by atoms with van der Waals surface area (Å²) in [5, 5.41) is 29.6. The van der Waals surface area contributed by atoms with Crippen LogP contribution < -0.4 is 29.6 Å². The first kappa shape index (κ1) is 32.8. The SMILES string of the molecule is COc1cc(OC)c(C=CS(=O)(=O)Cc2ccc(OC)c(N(CCO)C(=O)C(N)(CCO)CCO)c2)c(OC)c1. The minimum Gasteiger partial charge on any atom is -0.496 e. The van der Waals surface area contributed by atoms with Gasteiger partial charge in [-0.3, -0.25) is 4.79 Å². The van der Waals surface area contributed by atoms with E-state index in [2.05, 4.69) is 0 Å². The Labute approximate surface area is 234 Å². The summed E-state index contributed by atoms with van der Waals surface area (Å²) < 4.78 is 47.6. The number of rotatable bonds is 16. The predicted molar refractivity (Wildman–Crippen MR) is 151 cm³/mol. The number of amides is 1. The molecule has 2 aromatic rings. The van der Waals surface area contributed by atoms with Crippen molar-refractivity contribution >= 4 is 27.5 Å². The Morgan fingerprint density at radius 3 is 1.95 bits per heavy atom. The zero-order valence-electron chi connectivity index (χ0n) is 23.1. The maximum absolute atomic E-state index is 13.5. The van der Waals surface area contributed by atoms with Gasteiger partial charge in [0.05, 0.1) is 52.0 Å². The molecule has 222 valence electrons. The van der Waals surface area contributed by atoms with Crippen molar-refractivity contribution in [2.24, 2.45) is 5.73 Å². The van der Waals surface area contributed by atoms with Crippen molar-refractivity contribution < 1.29 is 47.5 Å². The summed E-state index contributed by atoms with van der Waals surface area (Å²) >= 11 is 0. The summed E-state index contributed by atoms with van der Waals surface area (Å²) in [4.78, 5) is 14.6. The van der Waals surface area contributed by atoms with Crippen molar-refractivity contribution in [3.05, 3.63) is 46.9 Å². The molecule has 0 radical (unpaired) electrons. The number of aliphatic hydroxyl groups excluding tert-OH is 3. The Morgan fingerprint density at radius 2 is 1.48 bits per heavy atom. The third kappa shape index (κ3) is 8.08. The first-order valence-electron chi connectivity index (χ1n) is 12.3. The molecule has 1 amide bonds. The van der Waals surface area contributed by atoms with Crippen molar-refractivity contribution in [1.82, 2.24) is 0 Å². The molecule has 12 nitrogen and oxygen atoms in total. The average Bonchev–Trinajstić information content (AvgIpc) is 2.93. The summed E-state index contributed by atoms with van der Waals surface area (Å²) in [6.07, 6.45) is 1.10. The van der Waals surface area contributed by atoms with Crippen molar-refractivity contribution in [3.63, 3.8) is 0 Å². The lowest BCUT2D eigenvalue weighted by atomic mass is 9.91. The van der Waals surface area contributed by atoms with E-state index in [1.807, 2.05) is 0 Å². The van der Waals surface area contributed by atoms with Gasteiger partial charge in [0, 0.05) is 37.3 Å². The van der Waals surface area contributed by atoms with E-state index < -0.39 is 46.9 Å². The maximum atomic E-state index is 13.5. The highest BCUT2D eigenvalue weighted by Gasteiger charge is 2.38. The average molecular weight is 583 g/mol. The highest BCUT2D eigenvalue weighted by Crippen LogP contribution is 2.36. The molecule has 13 heteroatoms. The lowest BCUT2D eigenvalue weighted by Gasteiger charge is -2.34. The Balaban J connectivity index is 2.48. The lowest BCUT2D eigenvalue weighted by molar-refractivity contribution is -0.125. The normalized spacial score (nSPS) is 11.9. The number of benzene rings is 2. The quantitative estimate of drug-likeness (QED) is 0.223. The number of carbonyl (C=O) groups is 1. The largest absolute Gasteiger partial charge is 0.496 e. The smallest absolute Gasteiger partial charge is 0.247 e. The van der Waals surface area contributed by atoms with E-state index in [-0.39, 0.29) is 30.8 Å². The van der Waals surface area contributed by atoms with Crippen molar-refractivity contribution in [3.8, 4) is 23.0 Å². The van der Waals surface area contributed by atoms with Gasteiger partial charge in [-0.1, -0.05) is 6.07 Å². The Kier molecular flexibility index (Phi) is 12.2. The summed E-state index contributed by atoms with van der Waals surface area (Å²) in [6, 6.07) is 7.71. The molecule has 0 aliphatic rings. The van der Waals surface area contributed by atoms with Gasteiger partial charge in [0.1, 0.15) is 28.5 Å². The molecular weight excluding hydrogens is 544 g/mol. The van der Waals surface area contributed by atoms with E-state index in [1.54, 1.807) is 18.2 Å². The second-order valence-corrected chi connectivity index (χ2v) is 10.7. The van der Waals surface area contributed by atoms with E-state index in [4.69, 9.17) is 24.7 Å². The molecule has 0 saturated heterocycles. The number of sulfone groups is 1. The molecule has 0 heterocycles. The maximum Gasteiger partial charge on any atom is 0.247 e. The third-order valence-electron chi connectivity index (χ3n) is 6.21. The summed E-state index contributed by atoms with van der Waals surface area (Å²) in [7, 11) is 1.90. The molecule has 2 rings (SSSR count). The Morgan fingerprint density at radius 1 is 0.900 bits per heavy atom. The van der Waals surface area contributed by atoms with Crippen LogP contribution in [-0.4, -0.2) is 90.0 Å². The number of anilines is 1. The second-order valence-electron chi connectivity index (χ2n) is 8.85. The van der Waals surface area contributed by atoms with Gasteiger partial charge < -0.3 is 44.9 Å². The van der Waals surface area contributed by atoms with Crippen LogP contribution >= 0.6 is 0 Å². The summed E-state index contributed by atoms with van der Waals surface area (Å²) in [6.45, 7) is -1.42. The fourth-order valence-electron chi connectivity index (χ4n) is 4.12. The van der Waals surface area contributed by atoms with Gasteiger partial charge >= 0.3 is 0 Å². The summed E-state index contributed by atoms with van der Waals surface area (Å²) in [5.41, 5.74) is 5.55. The van der Waals surface area contributed by atoms with Gasteiger partial charge in [0.2, 0.25) is 5.91 Å². The van der Waals surface area contributed by atoms with E-state index in [0.29, 0.717) is 28.4 Å². The molecule has 0 spiro atoms. The van der Waals surface area contributed by atoms with Gasteiger partial charge in [-0.05, 0) is 36.6 Å². The summed E-state index contributed by atoms with van der Waals surface area (Å²) in [5.74, 6) is 0.319. The minimum absolute atomic E-state index is 0.131. The first-order valence-corrected chi connectivity index (χ1v) is 14.1. The molecule has 0 unspecified atom stereocenters. The highest BCUT2D eigenvalue weighted by atomic mass is 32.2. The Hall–Kier alpha value is -3.36. The van der Waals surface area contributed by atoms with E-state index in [9.17, 15) is 28.5 Å².